The van der Waals surface area contributed by atoms with E-state index in [2.05, 4.69) is 27.7 Å². The molecule has 1 fully saturated rings. The van der Waals surface area contributed by atoms with Gasteiger partial charge in [-0.2, -0.15) is 0 Å². The van der Waals surface area contributed by atoms with E-state index < -0.39 is 24.4 Å². The molecule has 4 rings (SSSR count). The number of hydrogen-bond acceptors (Lipinski definition) is 6. The molecule has 6 heteroatoms. The Labute approximate surface area is 182 Å². The lowest BCUT2D eigenvalue weighted by Crippen LogP contribution is -2.45. The first-order valence-corrected chi connectivity index (χ1v) is 10.8. The van der Waals surface area contributed by atoms with Gasteiger partial charge in [0, 0.05) is 41.3 Å². The van der Waals surface area contributed by atoms with Crippen LogP contribution in [-0.2, 0) is 14.4 Å². The van der Waals surface area contributed by atoms with Crippen molar-refractivity contribution in [3.63, 3.8) is 0 Å². The number of aliphatic carboxylic acids is 1. The zero-order valence-electron chi connectivity index (χ0n) is 18.5. The molecule has 2 aliphatic carbocycles. The highest BCUT2D eigenvalue weighted by molar-refractivity contribution is 6.13. The van der Waals surface area contributed by atoms with Crippen LogP contribution in [0.15, 0.2) is 40.5 Å². The third-order valence-corrected chi connectivity index (χ3v) is 6.44. The van der Waals surface area contributed by atoms with Crippen LogP contribution < -0.4 is 9.84 Å². The monoisotopic (exact) mass is 422 g/mol. The van der Waals surface area contributed by atoms with Gasteiger partial charge in [-0.3, -0.25) is 14.6 Å². The molecule has 164 valence electrons. The van der Waals surface area contributed by atoms with Gasteiger partial charge in [0.25, 0.3) is 0 Å². The number of hydrogen-bond donors (Lipinski definition) is 0. The number of rotatable bonds is 4. The average molecular weight is 423 g/mol. The van der Waals surface area contributed by atoms with Gasteiger partial charge in [-0.05, 0) is 29.7 Å². The summed E-state index contributed by atoms with van der Waals surface area (Å²) in [4.78, 5) is 42.6. The second-order valence-corrected chi connectivity index (χ2v) is 10.5. The lowest BCUT2D eigenvalue weighted by Gasteiger charge is -2.44. The second kappa shape index (κ2) is 7.43. The third kappa shape index (κ3) is 4.08. The number of carboxylic acid groups (broad SMARTS) is 1. The molecule has 0 bridgehead atoms. The van der Waals surface area contributed by atoms with E-state index in [4.69, 9.17) is 9.73 Å². The van der Waals surface area contributed by atoms with Gasteiger partial charge in [0.05, 0.1) is 11.9 Å². The molecule has 0 radical (unpaired) electrons. The molecule has 2 atom stereocenters. The number of Topliss-reactive ketones (excluding diaryl/α,β-unsaturated/α-hetero) is 2. The van der Waals surface area contributed by atoms with Crippen molar-refractivity contribution in [3.05, 3.63) is 41.1 Å². The number of benzene rings is 1. The smallest absolute Gasteiger partial charge is 0.161 e. The second-order valence-electron chi connectivity index (χ2n) is 10.5. The molecule has 0 spiro atoms. The number of nitrogens with zero attached hydrogens (tertiary/aromatic N) is 1. The summed E-state index contributed by atoms with van der Waals surface area (Å²) in [5.41, 5.74) is 2.45. The van der Waals surface area contributed by atoms with Gasteiger partial charge < -0.3 is 14.6 Å². The Morgan fingerprint density at radius 3 is 2.42 bits per heavy atom. The highest BCUT2D eigenvalue weighted by Gasteiger charge is 2.50. The summed E-state index contributed by atoms with van der Waals surface area (Å²) in [6.07, 6.45) is 2.16. The first-order chi connectivity index (χ1) is 14.5. The van der Waals surface area contributed by atoms with Gasteiger partial charge in [0.15, 0.2) is 5.78 Å². The molecule has 1 saturated carbocycles. The molecular weight excluding hydrogens is 394 g/mol. The van der Waals surface area contributed by atoms with Gasteiger partial charge in [0.1, 0.15) is 18.1 Å². The average Bonchev–Trinajstić information content (AvgIpc) is 2.62. The molecule has 31 heavy (non-hydrogen) atoms. The van der Waals surface area contributed by atoms with Gasteiger partial charge in [-0.15, -0.1) is 0 Å². The normalized spacial score (nSPS) is 26.6. The predicted octanol–water partition coefficient (Wildman–Crippen LogP) is 3.00. The van der Waals surface area contributed by atoms with Crippen molar-refractivity contribution >= 4 is 23.2 Å². The molecule has 1 aromatic carbocycles. The van der Waals surface area contributed by atoms with Crippen LogP contribution in [0.4, 0.5) is 0 Å². The lowest BCUT2D eigenvalue weighted by molar-refractivity contribution is -0.307. The first kappa shape index (κ1) is 21.5. The highest BCUT2D eigenvalue weighted by Crippen LogP contribution is 2.52. The van der Waals surface area contributed by atoms with E-state index in [1.165, 1.54) is 0 Å². The van der Waals surface area contributed by atoms with Crippen LogP contribution >= 0.6 is 0 Å². The van der Waals surface area contributed by atoms with Crippen molar-refractivity contribution in [2.75, 3.05) is 6.61 Å². The van der Waals surface area contributed by atoms with Crippen molar-refractivity contribution in [1.82, 2.24) is 0 Å². The lowest BCUT2D eigenvalue weighted by atomic mass is 9.60. The minimum atomic E-state index is -1.33. The maximum absolute atomic E-state index is 13.4. The number of para-hydroxylation sites is 1. The molecule has 1 heterocycles. The summed E-state index contributed by atoms with van der Waals surface area (Å²) < 4.78 is 5.52. The molecule has 1 unspecified atom stereocenters. The standard InChI is InChI=1S/C25H29NO5/c1-24(2)9-15-22(17(27)11-24)21(14-7-5-6-8-19(14)31-13-20(29)30)23-16(26-15)10-25(3,4)12-18(23)28/h5-8,21-22H,9-13H2,1-4H3,(H,29,30)/p-1/t21-,22?/m0/s1. The zero-order valence-corrected chi connectivity index (χ0v) is 18.5. The Balaban J connectivity index is 1.89. The van der Waals surface area contributed by atoms with Crippen molar-refractivity contribution in [3.8, 4) is 5.75 Å². The number of carbonyl (C=O) groups is 3. The first-order valence-electron chi connectivity index (χ1n) is 10.8. The molecule has 0 amide bonds. The highest BCUT2D eigenvalue weighted by atomic mass is 16.5. The Bertz CT molecular complexity index is 1030. The molecule has 0 aromatic heterocycles. The third-order valence-electron chi connectivity index (χ3n) is 6.44. The number of allylic oxidation sites excluding steroid dienone is 2. The number of carbonyl (C=O) groups excluding carboxylic acids is 3. The number of aliphatic imine (C=N–C) groups is 1. The fourth-order valence-electron chi connectivity index (χ4n) is 5.35. The van der Waals surface area contributed by atoms with Crippen LogP contribution in [0.5, 0.6) is 5.75 Å². The van der Waals surface area contributed by atoms with Crippen molar-refractivity contribution in [1.29, 1.82) is 0 Å². The van der Waals surface area contributed by atoms with Crippen molar-refractivity contribution < 1.29 is 24.2 Å². The summed E-state index contributed by atoms with van der Waals surface area (Å²) >= 11 is 0. The van der Waals surface area contributed by atoms with Gasteiger partial charge in [-0.1, -0.05) is 45.9 Å². The number of carboxylic acids is 1. The fraction of sp³-hybridized carbons (Fsp3) is 0.520. The van der Waals surface area contributed by atoms with E-state index in [1.807, 2.05) is 12.1 Å². The van der Waals surface area contributed by atoms with Crippen LogP contribution in [0, 0.1) is 16.7 Å². The van der Waals surface area contributed by atoms with Crippen LogP contribution in [0.3, 0.4) is 0 Å². The van der Waals surface area contributed by atoms with E-state index in [0.717, 1.165) is 11.4 Å². The zero-order chi connectivity index (χ0) is 22.6. The van der Waals surface area contributed by atoms with Gasteiger partial charge in [-0.25, -0.2) is 0 Å². The maximum atomic E-state index is 13.4. The Morgan fingerprint density at radius 2 is 1.71 bits per heavy atom. The van der Waals surface area contributed by atoms with Crippen LogP contribution in [0.25, 0.3) is 0 Å². The topological polar surface area (TPSA) is 95.9 Å². The van der Waals surface area contributed by atoms with E-state index >= 15 is 0 Å². The van der Waals surface area contributed by atoms with Crippen molar-refractivity contribution in [2.24, 2.45) is 21.7 Å². The number of ether oxygens (including phenoxy) is 1. The molecule has 1 aromatic rings. The minimum Gasteiger partial charge on any atom is -0.546 e. The number of fused-ring (bicyclic) bond motifs is 1. The van der Waals surface area contributed by atoms with E-state index in [-0.39, 0.29) is 22.4 Å². The SMILES string of the molecule is CC1(C)CC(=O)C2C(=NC3=C(C(=O)CC(C)(C)C3)[C@H]2c2ccccc2OCC(=O)[O-])C1. The molecule has 3 aliphatic rings. The van der Waals surface area contributed by atoms with Crippen molar-refractivity contribution in [2.45, 2.75) is 59.3 Å². The van der Waals surface area contributed by atoms with Crippen LogP contribution in [0.1, 0.15) is 64.9 Å². The summed E-state index contributed by atoms with van der Waals surface area (Å²) in [5, 5.41) is 11.0. The molecule has 6 nitrogen and oxygen atoms in total. The summed E-state index contributed by atoms with van der Waals surface area (Å²) in [7, 11) is 0. The fourth-order valence-corrected chi connectivity index (χ4v) is 5.35. The van der Waals surface area contributed by atoms with Crippen LogP contribution in [0.2, 0.25) is 0 Å². The largest absolute Gasteiger partial charge is 0.546 e. The molecule has 0 saturated heterocycles. The predicted molar refractivity (Wildman–Crippen MR) is 114 cm³/mol. The molecule has 1 aliphatic heterocycles. The van der Waals surface area contributed by atoms with Gasteiger partial charge in [0.2, 0.25) is 0 Å². The number of ketones is 2. The minimum absolute atomic E-state index is 0.00591. The maximum Gasteiger partial charge on any atom is 0.161 e. The Kier molecular flexibility index (Phi) is 5.15. The van der Waals surface area contributed by atoms with Gasteiger partial charge >= 0.3 is 0 Å². The summed E-state index contributed by atoms with van der Waals surface area (Å²) in [5.74, 6) is -1.92. The molecule has 0 N–H and O–H groups in total. The van der Waals surface area contributed by atoms with Crippen LogP contribution in [-0.4, -0.2) is 29.9 Å². The Morgan fingerprint density at radius 1 is 1.03 bits per heavy atom. The molecular formula is C25H28NO5-. The summed E-state index contributed by atoms with van der Waals surface area (Å²) in [6.45, 7) is 7.65. The van der Waals surface area contributed by atoms with E-state index in [1.54, 1.807) is 12.1 Å². The van der Waals surface area contributed by atoms with E-state index in [0.29, 0.717) is 42.6 Å². The summed E-state index contributed by atoms with van der Waals surface area (Å²) in [6, 6.07) is 7.07. The Hall–Kier alpha value is -2.76. The van der Waals surface area contributed by atoms with E-state index in [9.17, 15) is 19.5 Å². The quantitative estimate of drug-likeness (QED) is 0.743.